The third-order valence-corrected chi connectivity index (χ3v) is 2.01. The van der Waals surface area contributed by atoms with Crippen molar-refractivity contribution in [2.75, 3.05) is 0 Å². The Bertz CT molecular complexity index is 381. The quantitative estimate of drug-likeness (QED) is 0.419. The number of hydrogen-bond donors (Lipinski definition) is 0. The molecule has 0 saturated carbocycles. The first-order valence-corrected chi connectivity index (χ1v) is 4.42. The summed E-state index contributed by atoms with van der Waals surface area (Å²) in [7, 11) is 0. The molecular weight excluding hydrogens is 194 g/mol. The number of carbonyl (C=O) groups excluding carboxylic acids is 1. The van der Waals surface area contributed by atoms with Gasteiger partial charge in [0, 0.05) is 12.1 Å². The zero-order chi connectivity index (χ0) is 11.3. The number of aryl methyl sites for hydroxylation is 1. The van der Waals surface area contributed by atoms with E-state index in [2.05, 4.69) is 6.58 Å². The van der Waals surface area contributed by atoms with Crippen molar-refractivity contribution < 1.29 is 9.72 Å². The lowest BCUT2D eigenvalue weighted by molar-refractivity contribution is -0.384. The Morgan fingerprint density at radius 1 is 1.40 bits per heavy atom. The van der Waals surface area contributed by atoms with Gasteiger partial charge >= 0.3 is 0 Å². The number of hydrogen-bond acceptors (Lipinski definition) is 3. The minimum atomic E-state index is -0.443. The Hall–Kier alpha value is -1.97. The highest BCUT2D eigenvalue weighted by Crippen LogP contribution is 2.13. The van der Waals surface area contributed by atoms with Gasteiger partial charge in [-0.2, -0.15) is 0 Å². The molecule has 0 saturated heterocycles. The second-order valence-corrected chi connectivity index (χ2v) is 3.13. The van der Waals surface area contributed by atoms with Crippen molar-refractivity contribution in [2.45, 2.75) is 12.8 Å². The zero-order valence-corrected chi connectivity index (χ0v) is 8.10. The highest BCUT2D eigenvalue weighted by molar-refractivity contribution is 5.72. The number of rotatable bonds is 5. The maximum absolute atomic E-state index is 10.4. The molecule has 0 amide bonds. The van der Waals surface area contributed by atoms with Crippen LogP contribution in [0.25, 0.3) is 0 Å². The summed E-state index contributed by atoms with van der Waals surface area (Å²) < 4.78 is 0. The van der Waals surface area contributed by atoms with Gasteiger partial charge in [0.1, 0.15) is 0 Å². The number of nitro benzene ring substituents is 1. The van der Waals surface area contributed by atoms with E-state index in [1.54, 1.807) is 18.4 Å². The summed E-state index contributed by atoms with van der Waals surface area (Å²) in [6.45, 7) is 3.50. The van der Waals surface area contributed by atoms with Crippen LogP contribution in [0.3, 0.4) is 0 Å². The Morgan fingerprint density at radius 3 is 2.47 bits per heavy atom. The molecule has 0 bridgehead atoms. The molecule has 4 nitrogen and oxygen atoms in total. The van der Waals surface area contributed by atoms with E-state index in [9.17, 15) is 14.9 Å². The molecule has 0 aliphatic carbocycles. The number of nitrogens with zero attached hydrogens (tertiary/aromatic N) is 1. The van der Waals surface area contributed by atoms with Crippen LogP contribution in [-0.4, -0.2) is 11.2 Å². The molecule has 0 unspecified atom stereocenters. The zero-order valence-electron chi connectivity index (χ0n) is 8.10. The van der Waals surface area contributed by atoms with Crippen LogP contribution in [0.4, 0.5) is 5.69 Å². The Labute approximate surface area is 87.4 Å². The fourth-order valence-electron chi connectivity index (χ4n) is 1.13. The lowest BCUT2D eigenvalue weighted by Gasteiger charge is -1.99. The minimum Gasteiger partial charge on any atom is -0.285 e. The third-order valence-electron chi connectivity index (χ3n) is 2.01. The summed E-state index contributed by atoms with van der Waals surface area (Å²) in [5.41, 5.74) is 1.42. The maximum atomic E-state index is 10.4. The predicted octanol–water partition coefficient (Wildman–Crippen LogP) is 2.19. The van der Waals surface area contributed by atoms with E-state index in [-0.39, 0.29) is 5.69 Å². The maximum Gasteiger partial charge on any atom is 0.269 e. The van der Waals surface area contributed by atoms with Gasteiger partial charge in [0.2, 0.25) is 6.29 Å². The summed E-state index contributed by atoms with van der Waals surface area (Å²) in [5, 5.41) is 10.4. The molecule has 77 valence electrons. The van der Waals surface area contributed by atoms with E-state index in [0.29, 0.717) is 18.4 Å². The summed E-state index contributed by atoms with van der Waals surface area (Å²) in [4.78, 5) is 20.1. The van der Waals surface area contributed by atoms with Gasteiger partial charge in [-0.25, -0.2) is 0 Å². The summed E-state index contributed by atoms with van der Waals surface area (Å²) in [6.07, 6.45) is 2.89. The van der Waals surface area contributed by atoms with E-state index in [1.165, 1.54) is 12.1 Å². The lowest BCUT2D eigenvalue weighted by Crippen LogP contribution is -1.91. The van der Waals surface area contributed by atoms with Gasteiger partial charge in [0.05, 0.1) is 4.92 Å². The van der Waals surface area contributed by atoms with Crippen LogP contribution in [0.15, 0.2) is 36.4 Å². The Balaban J connectivity index is 2.60. The average Bonchev–Trinajstić information content (AvgIpc) is 2.26. The average molecular weight is 204 g/mol. The molecule has 1 radical (unpaired) electrons. The second kappa shape index (κ2) is 5.05. The van der Waals surface area contributed by atoms with Gasteiger partial charge in [-0.05, 0) is 24.0 Å². The first-order chi connectivity index (χ1) is 7.13. The number of allylic oxidation sites excluding steroid dienone is 1. The molecule has 0 atom stereocenters. The van der Waals surface area contributed by atoms with Crippen LogP contribution in [0.2, 0.25) is 0 Å². The first kappa shape index (κ1) is 11.1. The van der Waals surface area contributed by atoms with Crippen LogP contribution in [0, 0.1) is 10.1 Å². The summed E-state index contributed by atoms with van der Waals surface area (Å²) >= 11 is 0. The number of benzene rings is 1. The van der Waals surface area contributed by atoms with E-state index >= 15 is 0 Å². The van der Waals surface area contributed by atoms with Crippen molar-refractivity contribution in [1.29, 1.82) is 0 Å². The largest absolute Gasteiger partial charge is 0.285 e. The van der Waals surface area contributed by atoms with Crippen molar-refractivity contribution >= 4 is 12.0 Å². The van der Waals surface area contributed by atoms with Crippen molar-refractivity contribution in [1.82, 2.24) is 0 Å². The molecule has 1 aromatic rings. The van der Waals surface area contributed by atoms with E-state index in [4.69, 9.17) is 0 Å². The molecule has 1 aromatic carbocycles. The normalized spacial score (nSPS) is 9.60. The van der Waals surface area contributed by atoms with Gasteiger partial charge < -0.3 is 0 Å². The van der Waals surface area contributed by atoms with E-state index < -0.39 is 4.92 Å². The SMILES string of the molecule is C=C([C]=O)CCc1ccc([N+](=O)[O-])cc1. The molecule has 1 rings (SSSR count). The molecule has 0 fully saturated rings. The highest BCUT2D eigenvalue weighted by Gasteiger charge is 2.03. The molecule has 0 spiro atoms. The molecular formula is C11H10NO3. The first-order valence-electron chi connectivity index (χ1n) is 4.42. The third kappa shape index (κ3) is 3.34. The van der Waals surface area contributed by atoms with E-state index in [0.717, 1.165) is 5.56 Å². The highest BCUT2D eigenvalue weighted by atomic mass is 16.6. The Morgan fingerprint density at radius 2 is 2.00 bits per heavy atom. The smallest absolute Gasteiger partial charge is 0.269 e. The predicted molar refractivity (Wildman–Crippen MR) is 56.3 cm³/mol. The molecule has 0 aliphatic heterocycles. The van der Waals surface area contributed by atoms with Gasteiger partial charge in [0.15, 0.2) is 0 Å². The van der Waals surface area contributed by atoms with Crippen LogP contribution in [0.1, 0.15) is 12.0 Å². The van der Waals surface area contributed by atoms with Gasteiger partial charge in [-0.15, -0.1) is 0 Å². The van der Waals surface area contributed by atoms with Crippen molar-refractivity contribution in [3.8, 4) is 0 Å². The van der Waals surface area contributed by atoms with Crippen molar-refractivity contribution in [2.24, 2.45) is 0 Å². The molecule has 0 heterocycles. The standard InChI is InChI=1S/C11H10NO3/c1-9(8-13)2-3-10-4-6-11(7-5-10)12(14)15/h4-7H,1-3H2. The van der Waals surface area contributed by atoms with Gasteiger partial charge in [0.25, 0.3) is 5.69 Å². The Kier molecular flexibility index (Phi) is 3.74. The number of nitro groups is 1. The van der Waals surface area contributed by atoms with Crippen LogP contribution in [0.5, 0.6) is 0 Å². The van der Waals surface area contributed by atoms with Gasteiger partial charge in [-0.3, -0.25) is 14.9 Å². The lowest BCUT2D eigenvalue weighted by atomic mass is 10.1. The van der Waals surface area contributed by atoms with Crippen molar-refractivity contribution in [3.05, 3.63) is 52.1 Å². The van der Waals surface area contributed by atoms with Crippen LogP contribution < -0.4 is 0 Å². The molecule has 0 aliphatic rings. The van der Waals surface area contributed by atoms with Crippen molar-refractivity contribution in [3.63, 3.8) is 0 Å². The monoisotopic (exact) mass is 204 g/mol. The second-order valence-electron chi connectivity index (χ2n) is 3.13. The molecule has 0 N–H and O–H groups in total. The van der Waals surface area contributed by atoms with E-state index in [1.807, 2.05) is 0 Å². The van der Waals surface area contributed by atoms with Crippen LogP contribution in [-0.2, 0) is 11.2 Å². The fourth-order valence-corrected chi connectivity index (χ4v) is 1.13. The van der Waals surface area contributed by atoms with Crippen LogP contribution >= 0.6 is 0 Å². The summed E-state index contributed by atoms with van der Waals surface area (Å²) in [5.74, 6) is 0. The minimum absolute atomic E-state index is 0.0690. The molecule has 4 heteroatoms. The molecule has 0 aromatic heterocycles. The molecule has 15 heavy (non-hydrogen) atoms. The topological polar surface area (TPSA) is 60.2 Å². The number of non-ortho nitro benzene ring substituents is 1. The van der Waals surface area contributed by atoms with Gasteiger partial charge in [-0.1, -0.05) is 18.7 Å². The fraction of sp³-hybridized carbons (Fsp3) is 0.182. The summed E-state index contributed by atoms with van der Waals surface area (Å²) in [6, 6.07) is 6.25.